The fraction of sp³-hybridized carbons (Fsp3) is 0. The molecule has 0 spiro atoms. The van der Waals surface area contributed by atoms with Gasteiger partial charge in [-0.2, -0.15) is 0 Å². The summed E-state index contributed by atoms with van der Waals surface area (Å²) in [5.41, 5.74) is 9.72. The van der Waals surface area contributed by atoms with Crippen molar-refractivity contribution in [1.29, 1.82) is 0 Å². The molecule has 3 aromatic heterocycles. The van der Waals surface area contributed by atoms with Crippen molar-refractivity contribution in [3.05, 3.63) is 237 Å². The molecule has 15 rings (SSSR count). The molecule has 15 aromatic rings. The third kappa shape index (κ3) is 5.76. The van der Waals surface area contributed by atoms with Gasteiger partial charge < -0.3 is 9.13 Å². The molecular weight excluding hydrogens is 851 g/mol. The van der Waals surface area contributed by atoms with Crippen molar-refractivity contribution in [2.24, 2.45) is 0 Å². The third-order valence-corrected chi connectivity index (χ3v) is 14.5. The highest BCUT2D eigenvalue weighted by Crippen LogP contribution is 2.45. The molecule has 0 radical (unpaired) electrons. The van der Waals surface area contributed by atoms with Crippen LogP contribution in [0.4, 0.5) is 0 Å². The largest absolute Gasteiger partial charge is 0.309 e. The van der Waals surface area contributed by atoms with Gasteiger partial charge in [0.15, 0.2) is 17.5 Å². The first-order valence-corrected chi connectivity index (χ1v) is 23.8. The molecule has 12 aromatic carbocycles. The van der Waals surface area contributed by atoms with Crippen molar-refractivity contribution < 1.29 is 0 Å². The van der Waals surface area contributed by atoms with Crippen LogP contribution < -0.4 is 0 Å². The van der Waals surface area contributed by atoms with Gasteiger partial charge in [0.25, 0.3) is 0 Å². The second kappa shape index (κ2) is 15.0. The number of fused-ring (bicyclic) bond motifs is 12. The highest BCUT2D eigenvalue weighted by molar-refractivity contribution is 6.23. The van der Waals surface area contributed by atoms with Gasteiger partial charge in [0, 0.05) is 49.0 Å². The van der Waals surface area contributed by atoms with Crippen molar-refractivity contribution in [1.82, 2.24) is 24.1 Å². The standard InChI is InChI=1S/C65H39N5/c1-2-17-41(18-3-1)63-66-64(68-65(67-63)55-36-44-21-6-8-24-47(44)49-26-10-11-27-50(49)55)46-34-33-40-23-16-32-58(53(40)37-46)69-57-31-15-13-29-52(57)61-60(69)39-45-22-7-9-25-48(45)62(61)70-56-30-14-12-28-51(56)54-35-42-19-4-5-20-43(42)38-59(54)70/h1-39H. The van der Waals surface area contributed by atoms with Crippen LogP contribution >= 0.6 is 0 Å². The summed E-state index contributed by atoms with van der Waals surface area (Å²) in [5.74, 6) is 1.89. The number of benzene rings is 12. The van der Waals surface area contributed by atoms with E-state index in [-0.39, 0.29) is 0 Å². The zero-order valence-corrected chi connectivity index (χ0v) is 37.8. The van der Waals surface area contributed by atoms with E-state index in [1.165, 1.54) is 70.6 Å². The third-order valence-electron chi connectivity index (χ3n) is 14.5. The van der Waals surface area contributed by atoms with E-state index >= 15 is 0 Å². The molecule has 0 atom stereocenters. The summed E-state index contributed by atoms with van der Waals surface area (Å²) in [6.07, 6.45) is 0. The molecule has 0 aliphatic rings. The van der Waals surface area contributed by atoms with Crippen LogP contribution in [0.2, 0.25) is 0 Å². The Bertz CT molecular complexity index is 4660. The smallest absolute Gasteiger partial charge is 0.164 e. The van der Waals surface area contributed by atoms with Crippen LogP contribution in [-0.4, -0.2) is 24.1 Å². The molecule has 0 aliphatic heterocycles. The first-order valence-electron chi connectivity index (χ1n) is 23.8. The van der Waals surface area contributed by atoms with Crippen LogP contribution in [0.3, 0.4) is 0 Å². The van der Waals surface area contributed by atoms with E-state index in [9.17, 15) is 0 Å². The van der Waals surface area contributed by atoms with Gasteiger partial charge >= 0.3 is 0 Å². The Hall–Kier alpha value is -9.45. The highest BCUT2D eigenvalue weighted by Gasteiger charge is 2.24. The van der Waals surface area contributed by atoms with E-state index in [0.717, 1.165) is 55.0 Å². The minimum absolute atomic E-state index is 0.618. The van der Waals surface area contributed by atoms with Crippen LogP contribution in [0.5, 0.6) is 0 Å². The van der Waals surface area contributed by atoms with Crippen LogP contribution in [0.1, 0.15) is 0 Å². The SMILES string of the molecule is c1ccc(-c2nc(-c3ccc4cccc(-n5c6ccccc6c6c(-n7c8ccccc8c8cc9ccccc9cc87)c7ccccc7cc65)c4c3)nc(-c3cc4ccccc4c4ccccc34)n2)cc1. The van der Waals surface area contributed by atoms with Gasteiger partial charge in [-0.05, 0) is 91.6 Å². The summed E-state index contributed by atoms with van der Waals surface area (Å²) < 4.78 is 5.01. The molecule has 0 saturated heterocycles. The van der Waals surface area contributed by atoms with E-state index < -0.39 is 0 Å². The van der Waals surface area contributed by atoms with Crippen LogP contribution in [0.25, 0.3) is 143 Å². The van der Waals surface area contributed by atoms with Gasteiger partial charge in [0.2, 0.25) is 0 Å². The molecule has 0 saturated carbocycles. The summed E-state index contributed by atoms with van der Waals surface area (Å²) in [4.78, 5) is 15.8. The number of rotatable bonds is 5. The Morgan fingerprint density at radius 3 is 1.60 bits per heavy atom. The first kappa shape index (κ1) is 38.6. The molecule has 3 heterocycles. The zero-order valence-electron chi connectivity index (χ0n) is 37.8. The molecular formula is C65H39N5. The lowest BCUT2D eigenvalue weighted by Crippen LogP contribution is -2.01. The average Bonchev–Trinajstić information content (AvgIpc) is 3.93. The van der Waals surface area contributed by atoms with Crippen molar-refractivity contribution in [3.8, 4) is 45.5 Å². The monoisotopic (exact) mass is 889 g/mol. The predicted molar refractivity (Wildman–Crippen MR) is 292 cm³/mol. The van der Waals surface area contributed by atoms with Crippen molar-refractivity contribution in [3.63, 3.8) is 0 Å². The van der Waals surface area contributed by atoms with Crippen LogP contribution in [-0.2, 0) is 0 Å². The van der Waals surface area contributed by atoms with E-state index in [1.807, 2.05) is 18.2 Å². The van der Waals surface area contributed by atoms with Crippen molar-refractivity contribution in [2.75, 3.05) is 0 Å². The lowest BCUT2D eigenvalue weighted by atomic mass is 9.97. The maximum Gasteiger partial charge on any atom is 0.164 e. The van der Waals surface area contributed by atoms with Crippen molar-refractivity contribution in [2.45, 2.75) is 0 Å². The van der Waals surface area contributed by atoms with Gasteiger partial charge in [0.1, 0.15) is 0 Å². The first-order chi connectivity index (χ1) is 34.7. The quantitative estimate of drug-likeness (QED) is 0.162. The molecule has 324 valence electrons. The van der Waals surface area contributed by atoms with Gasteiger partial charge in [0.05, 0.1) is 33.4 Å². The second-order valence-corrected chi connectivity index (χ2v) is 18.3. The van der Waals surface area contributed by atoms with Gasteiger partial charge in [-0.1, -0.05) is 188 Å². The summed E-state index contributed by atoms with van der Waals surface area (Å²) in [7, 11) is 0. The summed E-state index contributed by atoms with van der Waals surface area (Å²) in [5, 5.41) is 16.5. The Kier molecular flexibility index (Phi) is 8.29. The van der Waals surface area contributed by atoms with E-state index in [4.69, 9.17) is 15.0 Å². The van der Waals surface area contributed by atoms with Crippen molar-refractivity contribution >= 4 is 97.5 Å². The summed E-state index contributed by atoms with van der Waals surface area (Å²) >= 11 is 0. The van der Waals surface area contributed by atoms with E-state index in [2.05, 4.69) is 228 Å². The minimum Gasteiger partial charge on any atom is -0.309 e. The topological polar surface area (TPSA) is 48.5 Å². The molecule has 0 aliphatic carbocycles. The summed E-state index contributed by atoms with van der Waals surface area (Å²) in [6, 6.07) is 85.3. The second-order valence-electron chi connectivity index (χ2n) is 18.3. The maximum atomic E-state index is 5.37. The molecule has 5 nitrogen and oxygen atoms in total. The normalized spacial score (nSPS) is 12.0. The van der Waals surface area contributed by atoms with Crippen LogP contribution in [0.15, 0.2) is 237 Å². The molecule has 0 bridgehead atoms. The van der Waals surface area contributed by atoms with Crippen LogP contribution in [0, 0.1) is 0 Å². The number of para-hydroxylation sites is 2. The van der Waals surface area contributed by atoms with Gasteiger partial charge in [-0.3, -0.25) is 0 Å². The van der Waals surface area contributed by atoms with Gasteiger partial charge in [-0.25, -0.2) is 15.0 Å². The van der Waals surface area contributed by atoms with E-state index in [0.29, 0.717) is 17.5 Å². The Morgan fingerprint density at radius 1 is 0.257 bits per heavy atom. The lowest BCUT2D eigenvalue weighted by Gasteiger charge is -2.16. The molecule has 0 N–H and O–H groups in total. The minimum atomic E-state index is 0.618. The Labute approximate surface area is 401 Å². The predicted octanol–water partition coefficient (Wildman–Crippen LogP) is 16.8. The Balaban J connectivity index is 1.00. The highest BCUT2D eigenvalue weighted by atomic mass is 15.0. The molecule has 0 fully saturated rings. The Morgan fingerprint density at radius 2 is 0.814 bits per heavy atom. The number of nitrogens with zero attached hydrogens (tertiary/aromatic N) is 5. The van der Waals surface area contributed by atoms with Gasteiger partial charge in [-0.15, -0.1) is 0 Å². The number of aromatic nitrogens is 5. The molecule has 0 unspecified atom stereocenters. The fourth-order valence-electron chi connectivity index (χ4n) is 11.3. The molecule has 70 heavy (non-hydrogen) atoms. The average molecular weight is 890 g/mol. The maximum absolute atomic E-state index is 5.37. The molecule has 5 heteroatoms. The van der Waals surface area contributed by atoms with E-state index in [1.54, 1.807) is 0 Å². The number of hydrogen-bond donors (Lipinski definition) is 0. The number of hydrogen-bond acceptors (Lipinski definition) is 3. The lowest BCUT2D eigenvalue weighted by molar-refractivity contribution is 1.08. The molecule has 0 amide bonds. The fourth-order valence-corrected chi connectivity index (χ4v) is 11.3. The zero-order chi connectivity index (χ0) is 45.9. The summed E-state index contributed by atoms with van der Waals surface area (Å²) in [6.45, 7) is 0.